The van der Waals surface area contributed by atoms with Crippen LogP contribution >= 0.6 is 11.6 Å². The number of anilines is 1. The Bertz CT molecular complexity index is 620. The van der Waals surface area contributed by atoms with Crippen LogP contribution in [0.4, 0.5) is 10.1 Å². The van der Waals surface area contributed by atoms with Crippen molar-refractivity contribution in [2.75, 3.05) is 24.5 Å². The third-order valence-corrected chi connectivity index (χ3v) is 4.78. The zero-order valence-electron chi connectivity index (χ0n) is 13.2. The summed E-state index contributed by atoms with van der Waals surface area (Å²) in [6.45, 7) is 5.71. The number of nitrogens with one attached hydrogen (secondary N) is 1. The zero-order valence-corrected chi connectivity index (χ0v) is 14.0. The van der Waals surface area contributed by atoms with Crippen molar-refractivity contribution in [3.63, 3.8) is 0 Å². The molecule has 1 saturated heterocycles. The predicted molar refractivity (Wildman–Crippen MR) is 89.2 cm³/mol. The summed E-state index contributed by atoms with van der Waals surface area (Å²) in [5.74, 6) is -0.829. The van der Waals surface area contributed by atoms with Gasteiger partial charge in [0.2, 0.25) is 0 Å². The van der Waals surface area contributed by atoms with E-state index in [0.29, 0.717) is 30.3 Å². The third-order valence-electron chi connectivity index (χ3n) is 4.41. The SMILES string of the molecule is Cc1c(C)c(N2CCC(CN)C2)c(F)c(Cl)c1/C=C\C(=O)NO. The molecule has 23 heavy (non-hydrogen) atoms. The minimum atomic E-state index is -0.701. The molecular weight excluding hydrogens is 321 g/mol. The molecule has 2 rings (SSSR count). The molecule has 1 amide bonds. The molecule has 0 bridgehead atoms. The van der Waals surface area contributed by atoms with E-state index in [-0.39, 0.29) is 5.02 Å². The minimum Gasteiger partial charge on any atom is -0.369 e. The van der Waals surface area contributed by atoms with Crippen LogP contribution in [0.25, 0.3) is 6.08 Å². The van der Waals surface area contributed by atoms with Crippen LogP contribution in [0.15, 0.2) is 6.08 Å². The molecule has 1 fully saturated rings. The van der Waals surface area contributed by atoms with Gasteiger partial charge in [-0.05, 0) is 55.5 Å². The highest BCUT2D eigenvalue weighted by Crippen LogP contribution is 2.38. The lowest BCUT2D eigenvalue weighted by Gasteiger charge is -2.24. The highest BCUT2D eigenvalue weighted by molar-refractivity contribution is 6.32. The fraction of sp³-hybridized carbons (Fsp3) is 0.438. The van der Waals surface area contributed by atoms with Crippen molar-refractivity contribution in [2.24, 2.45) is 11.7 Å². The summed E-state index contributed by atoms with van der Waals surface area (Å²) in [6, 6.07) is 0. The van der Waals surface area contributed by atoms with Crippen LogP contribution in [-0.2, 0) is 4.79 Å². The number of carbonyl (C=O) groups is 1. The van der Waals surface area contributed by atoms with E-state index in [2.05, 4.69) is 0 Å². The van der Waals surface area contributed by atoms with Crippen molar-refractivity contribution in [3.8, 4) is 0 Å². The summed E-state index contributed by atoms with van der Waals surface area (Å²) < 4.78 is 14.8. The Kier molecular flexibility index (Phi) is 5.62. The Morgan fingerprint density at radius 1 is 1.52 bits per heavy atom. The Morgan fingerprint density at radius 2 is 2.22 bits per heavy atom. The van der Waals surface area contributed by atoms with Crippen LogP contribution in [0.3, 0.4) is 0 Å². The van der Waals surface area contributed by atoms with Crippen LogP contribution in [0.2, 0.25) is 5.02 Å². The molecule has 1 aliphatic rings. The van der Waals surface area contributed by atoms with Gasteiger partial charge in [0.05, 0.1) is 10.7 Å². The molecule has 1 aliphatic heterocycles. The molecule has 1 aromatic rings. The van der Waals surface area contributed by atoms with Crippen molar-refractivity contribution in [1.29, 1.82) is 0 Å². The van der Waals surface area contributed by atoms with Gasteiger partial charge in [-0.15, -0.1) is 0 Å². The maximum absolute atomic E-state index is 14.8. The average molecular weight is 342 g/mol. The molecule has 5 nitrogen and oxygen atoms in total. The molecule has 1 atom stereocenters. The standard InChI is InChI=1S/C16H21ClFN3O2/c1-9-10(2)16(21-6-5-11(7-19)8-21)15(18)14(17)12(9)3-4-13(22)20-23/h3-4,11,23H,5-8,19H2,1-2H3,(H,20,22)/b4-3-. The topological polar surface area (TPSA) is 78.6 Å². The lowest BCUT2D eigenvalue weighted by atomic mass is 9.99. The summed E-state index contributed by atoms with van der Waals surface area (Å²) in [5.41, 5.74) is 9.71. The van der Waals surface area contributed by atoms with Gasteiger partial charge >= 0.3 is 0 Å². The number of hydroxylamine groups is 1. The number of rotatable bonds is 4. The summed E-state index contributed by atoms with van der Waals surface area (Å²) in [6.07, 6.45) is 3.44. The first-order chi connectivity index (χ1) is 10.9. The van der Waals surface area contributed by atoms with Gasteiger partial charge in [-0.1, -0.05) is 11.6 Å². The molecule has 1 unspecified atom stereocenters. The Labute approximate surface area is 139 Å². The zero-order chi connectivity index (χ0) is 17.1. The van der Waals surface area contributed by atoms with Gasteiger partial charge in [0.25, 0.3) is 5.91 Å². The van der Waals surface area contributed by atoms with Crippen LogP contribution in [0.1, 0.15) is 23.1 Å². The molecule has 0 saturated carbocycles. The number of hydrogen-bond donors (Lipinski definition) is 3. The Hall–Kier alpha value is -1.63. The van der Waals surface area contributed by atoms with Gasteiger partial charge in [0, 0.05) is 19.2 Å². The number of amides is 1. The van der Waals surface area contributed by atoms with Crippen molar-refractivity contribution >= 4 is 29.3 Å². The molecule has 0 radical (unpaired) electrons. The number of halogens is 2. The number of benzene rings is 1. The lowest BCUT2D eigenvalue weighted by Crippen LogP contribution is -2.25. The van der Waals surface area contributed by atoms with Crippen LogP contribution in [0, 0.1) is 25.6 Å². The summed E-state index contributed by atoms with van der Waals surface area (Å²) >= 11 is 6.18. The summed E-state index contributed by atoms with van der Waals surface area (Å²) in [4.78, 5) is 13.1. The summed E-state index contributed by atoms with van der Waals surface area (Å²) in [5, 5.41) is 8.50. The van der Waals surface area contributed by atoms with E-state index in [0.717, 1.165) is 30.2 Å². The Balaban J connectivity index is 2.44. The van der Waals surface area contributed by atoms with E-state index in [1.54, 1.807) is 0 Å². The van der Waals surface area contributed by atoms with E-state index >= 15 is 0 Å². The predicted octanol–water partition coefficient (Wildman–Crippen LogP) is 2.40. The number of hydrogen-bond acceptors (Lipinski definition) is 4. The van der Waals surface area contributed by atoms with Crippen molar-refractivity contribution < 1.29 is 14.4 Å². The van der Waals surface area contributed by atoms with E-state index in [9.17, 15) is 9.18 Å². The van der Waals surface area contributed by atoms with Crippen LogP contribution in [-0.4, -0.2) is 30.7 Å². The van der Waals surface area contributed by atoms with Crippen molar-refractivity contribution in [2.45, 2.75) is 20.3 Å². The molecule has 7 heteroatoms. The summed E-state index contributed by atoms with van der Waals surface area (Å²) in [7, 11) is 0. The monoisotopic (exact) mass is 341 g/mol. The second kappa shape index (κ2) is 7.29. The van der Waals surface area contributed by atoms with E-state index in [1.807, 2.05) is 18.7 Å². The fourth-order valence-electron chi connectivity index (χ4n) is 2.93. The average Bonchev–Trinajstić information content (AvgIpc) is 3.01. The number of nitrogens with two attached hydrogens (primary N) is 1. The first-order valence-corrected chi connectivity index (χ1v) is 7.83. The van der Waals surface area contributed by atoms with Crippen LogP contribution in [0.5, 0.6) is 0 Å². The highest BCUT2D eigenvalue weighted by Gasteiger charge is 2.27. The van der Waals surface area contributed by atoms with Gasteiger partial charge in [-0.2, -0.15) is 0 Å². The quantitative estimate of drug-likeness (QED) is 0.446. The molecule has 1 heterocycles. The van der Waals surface area contributed by atoms with Gasteiger partial charge in [0.1, 0.15) is 0 Å². The highest BCUT2D eigenvalue weighted by atomic mass is 35.5. The second-order valence-electron chi connectivity index (χ2n) is 5.79. The first kappa shape index (κ1) is 17.7. The molecular formula is C16H21ClFN3O2. The van der Waals surface area contributed by atoms with E-state index < -0.39 is 11.7 Å². The lowest BCUT2D eigenvalue weighted by molar-refractivity contribution is -0.124. The maximum Gasteiger partial charge on any atom is 0.267 e. The van der Waals surface area contributed by atoms with Gasteiger partial charge in [-0.25, -0.2) is 9.87 Å². The van der Waals surface area contributed by atoms with Gasteiger partial charge in [0.15, 0.2) is 5.82 Å². The number of nitrogens with zero attached hydrogens (tertiary/aromatic N) is 1. The molecule has 0 aromatic heterocycles. The molecule has 4 N–H and O–H groups in total. The third kappa shape index (κ3) is 3.49. The molecule has 126 valence electrons. The number of carbonyl (C=O) groups excluding carboxylic acids is 1. The normalized spacial score (nSPS) is 18.0. The molecule has 1 aromatic carbocycles. The van der Waals surface area contributed by atoms with Crippen LogP contribution < -0.4 is 16.1 Å². The fourth-order valence-corrected chi connectivity index (χ4v) is 3.22. The van der Waals surface area contributed by atoms with E-state index in [1.165, 1.54) is 11.6 Å². The van der Waals surface area contributed by atoms with E-state index in [4.69, 9.17) is 22.5 Å². The van der Waals surface area contributed by atoms with Gasteiger partial charge in [-0.3, -0.25) is 10.0 Å². The first-order valence-electron chi connectivity index (χ1n) is 7.46. The van der Waals surface area contributed by atoms with Gasteiger partial charge < -0.3 is 10.6 Å². The molecule has 0 aliphatic carbocycles. The largest absolute Gasteiger partial charge is 0.369 e. The van der Waals surface area contributed by atoms with Crippen molar-refractivity contribution in [3.05, 3.63) is 33.6 Å². The second-order valence-corrected chi connectivity index (χ2v) is 6.16. The maximum atomic E-state index is 14.8. The smallest absolute Gasteiger partial charge is 0.267 e. The minimum absolute atomic E-state index is 0.0266. The Morgan fingerprint density at radius 3 is 2.78 bits per heavy atom. The molecule has 0 spiro atoms. The van der Waals surface area contributed by atoms with Crippen molar-refractivity contribution in [1.82, 2.24) is 5.48 Å².